The first-order valence-corrected chi connectivity index (χ1v) is 12.7. The highest BCUT2D eigenvalue weighted by atomic mass is 31.2. The third kappa shape index (κ3) is 6.19. The summed E-state index contributed by atoms with van der Waals surface area (Å²) < 4.78 is 36.3. The van der Waals surface area contributed by atoms with Gasteiger partial charge >= 0.3 is 19.4 Å². The monoisotopic (exact) mass is 537 g/mol. The molecule has 0 saturated carbocycles. The summed E-state index contributed by atoms with van der Waals surface area (Å²) in [6.45, 7) is 3.85. The summed E-state index contributed by atoms with van der Waals surface area (Å²) in [5.74, 6) is 1.42. The highest BCUT2D eigenvalue weighted by Crippen LogP contribution is 2.48. The van der Waals surface area contributed by atoms with Crippen LogP contribution in [0, 0.1) is 12.3 Å². The highest BCUT2D eigenvalue weighted by molar-refractivity contribution is 7.52. The van der Waals surface area contributed by atoms with Crippen molar-refractivity contribution >= 4 is 13.7 Å². The number of aromatic nitrogens is 2. The molecule has 0 spiro atoms. The van der Waals surface area contributed by atoms with Gasteiger partial charge in [0.05, 0.1) is 13.2 Å². The Hall–Kier alpha value is -3.24. The van der Waals surface area contributed by atoms with Crippen molar-refractivity contribution in [3.05, 3.63) is 63.4 Å². The average Bonchev–Trinajstić information content (AvgIpc) is 3.09. The van der Waals surface area contributed by atoms with Crippen LogP contribution in [0.15, 0.2) is 52.2 Å². The zero-order chi connectivity index (χ0) is 27.4. The van der Waals surface area contributed by atoms with Crippen molar-refractivity contribution in [2.75, 3.05) is 13.2 Å². The average molecular weight is 537 g/mol. The smallest absolute Gasteiger partial charge is 0.459 e. The Morgan fingerprint density at radius 2 is 2.00 bits per heavy atom. The van der Waals surface area contributed by atoms with E-state index in [2.05, 4.69) is 5.09 Å². The number of H-pyrrole nitrogens is 1. The first-order valence-electron chi connectivity index (χ1n) is 11.2. The molecule has 0 amide bonds. The van der Waals surface area contributed by atoms with Crippen LogP contribution in [0.4, 0.5) is 0 Å². The zero-order valence-corrected chi connectivity index (χ0v) is 21.2. The number of ether oxygens (including phenoxy) is 2. The van der Waals surface area contributed by atoms with E-state index in [0.717, 1.165) is 16.8 Å². The molecule has 13 nitrogen and oxygen atoms in total. The number of rotatable bonds is 10. The maximum atomic E-state index is 13.7. The van der Waals surface area contributed by atoms with Crippen LogP contribution >= 0.6 is 7.75 Å². The molecule has 2 heterocycles. The van der Waals surface area contributed by atoms with Gasteiger partial charge < -0.3 is 24.2 Å². The number of aliphatic hydroxyl groups is 2. The number of benzene rings is 1. The van der Waals surface area contributed by atoms with Crippen molar-refractivity contribution in [1.29, 1.82) is 0 Å². The zero-order valence-electron chi connectivity index (χ0n) is 20.3. The number of aliphatic hydroxyl groups excluding tert-OH is 1. The van der Waals surface area contributed by atoms with E-state index in [-0.39, 0.29) is 12.4 Å². The molecule has 200 valence electrons. The van der Waals surface area contributed by atoms with E-state index in [1.54, 1.807) is 25.1 Å². The van der Waals surface area contributed by atoms with Gasteiger partial charge in [-0.25, -0.2) is 9.36 Å². The SMILES string of the molecule is C#C[C@]1(O)C(n2ccc(=O)[nH]c2=O)O[C@H](COP(=O)(NC(C)(C)C(=O)OCC)Oc2ccccc2)[C@H]1O. The molecule has 1 fully saturated rings. The van der Waals surface area contributed by atoms with E-state index in [4.69, 9.17) is 24.9 Å². The van der Waals surface area contributed by atoms with Gasteiger partial charge in [0.2, 0.25) is 0 Å². The Kier molecular flexibility index (Phi) is 8.44. The Morgan fingerprint density at radius 1 is 1.32 bits per heavy atom. The minimum atomic E-state index is -4.37. The lowest BCUT2D eigenvalue weighted by Crippen LogP contribution is -2.48. The van der Waals surface area contributed by atoms with Crippen LogP contribution in [-0.4, -0.2) is 62.3 Å². The Balaban J connectivity index is 1.87. The molecule has 0 radical (unpaired) electrons. The number of terminal acetylenes is 1. The summed E-state index contributed by atoms with van der Waals surface area (Å²) in [6.07, 6.45) is 1.64. The number of carbonyl (C=O) groups excluding carboxylic acids is 1. The highest BCUT2D eigenvalue weighted by Gasteiger charge is 2.56. The van der Waals surface area contributed by atoms with Crippen molar-refractivity contribution in [2.24, 2.45) is 0 Å². The molecule has 4 N–H and O–H groups in total. The fourth-order valence-electron chi connectivity index (χ4n) is 3.52. The van der Waals surface area contributed by atoms with Crippen molar-refractivity contribution in [1.82, 2.24) is 14.6 Å². The molecule has 37 heavy (non-hydrogen) atoms. The molecular formula is C23H28N3O10P. The Labute approximate surface area is 211 Å². The predicted molar refractivity (Wildman–Crippen MR) is 129 cm³/mol. The first kappa shape index (κ1) is 28.3. The summed E-state index contributed by atoms with van der Waals surface area (Å²) in [6, 6.07) is 8.97. The second-order valence-corrected chi connectivity index (χ2v) is 10.3. The van der Waals surface area contributed by atoms with Crippen molar-refractivity contribution in [2.45, 2.75) is 50.3 Å². The quantitative estimate of drug-likeness (QED) is 0.186. The molecule has 3 rings (SSSR count). The number of nitrogens with zero attached hydrogens (tertiary/aromatic N) is 1. The van der Waals surface area contributed by atoms with Crippen LogP contribution in [0.5, 0.6) is 5.75 Å². The van der Waals surface area contributed by atoms with Crippen molar-refractivity contribution < 1.29 is 38.1 Å². The summed E-state index contributed by atoms with van der Waals surface area (Å²) >= 11 is 0. The van der Waals surface area contributed by atoms with E-state index >= 15 is 0 Å². The van der Waals surface area contributed by atoms with Gasteiger partial charge in [0.1, 0.15) is 23.5 Å². The van der Waals surface area contributed by atoms with Gasteiger partial charge in [0, 0.05) is 12.3 Å². The molecule has 5 atom stereocenters. The van der Waals surface area contributed by atoms with Gasteiger partial charge in [-0.1, -0.05) is 24.1 Å². The lowest BCUT2D eigenvalue weighted by atomic mass is 9.95. The maximum Gasteiger partial charge on any atom is 0.459 e. The lowest BCUT2D eigenvalue weighted by molar-refractivity contribution is -0.149. The number of carbonyl (C=O) groups is 1. The standard InChI is InChI=1S/C23H28N3O10P/c1-5-23(31)18(28)16(35-19(23)26-13-12-17(27)24-21(26)30)14-34-37(32,36-15-10-8-7-9-11-15)25-22(3,4)20(29)33-6-2/h1,7-13,16,18-19,28,31H,6,14H2,2-4H3,(H,25,32)(H,24,27,30)/t16-,18-,19?,23-,37?/m1/s1. The molecule has 1 aromatic carbocycles. The number of aromatic amines is 1. The van der Waals surface area contributed by atoms with E-state index in [1.165, 1.54) is 26.0 Å². The molecular weight excluding hydrogens is 509 g/mol. The second kappa shape index (κ2) is 11.0. The van der Waals surface area contributed by atoms with Crippen LogP contribution in [0.25, 0.3) is 0 Å². The number of esters is 1. The topological polar surface area (TPSA) is 178 Å². The molecule has 1 aliphatic heterocycles. The largest absolute Gasteiger partial charge is 0.465 e. The number of nitrogens with one attached hydrogen (secondary N) is 2. The summed E-state index contributed by atoms with van der Waals surface area (Å²) in [5, 5.41) is 24.2. The molecule has 0 bridgehead atoms. The van der Waals surface area contributed by atoms with Crippen LogP contribution in [0.3, 0.4) is 0 Å². The molecule has 1 aliphatic rings. The predicted octanol–water partition coefficient (Wildman–Crippen LogP) is 0.294. The van der Waals surface area contributed by atoms with Crippen LogP contribution in [0.2, 0.25) is 0 Å². The fourth-order valence-corrected chi connectivity index (χ4v) is 5.20. The minimum Gasteiger partial charge on any atom is -0.465 e. The molecule has 2 aromatic rings. The normalized spacial score (nSPS) is 25.1. The maximum absolute atomic E-state index is 13.7. The molecule has 2 unspecified atom stereocenters. The third-order valence-corrected chi connectivity index (χ3v) is 7.17. The van der Waals surface area contributed by atoms with E-state index in [9.17, 15) is 29.2 Å². The molecule has 1 saturated heterocycles. The molecule has 1 aromatic heterocycles. The van der Waals surface area contributed by atoms with Crippen molar-refractivity contribution in [3.63, 3.8) is 0 Å². The second-order valence-electron chi connectivity index (χ2n) is 8.61. The van der Waals surface area contributed by atoms with Gasteiger partial charge in [-0.2, -0.15) is 5.09 Å². The van der Waals surface area contributed by atoms with Gasteiger partial charge in [-0.15, -0.1) is 6.42 Å². The van der Waals surface area contributed by atoms with Gasteiger partial charge in [0.25, 0.3) is 5.56 Å². The van der Waals surface area contributed by atoms with E-state index in [0.29, 0.717) is 0 Å². The molecule has 14 heteroatoms. The summed E-state index contributed by atoms with van der Waals surface area (Å²) in [4.78, 5) is 38.1. The number of para-hydroxylation sites is 1. The van der Waals surface area contributed by atoms with Gasteiger partial charge in [-0.05, 0) is 32.9 Å². The number of hydrogen-bond acceptors (Lipinski definition) is 10. The fraction of sp³-hybridized carbons (Fsp3) is 0.435. The molecule has 0 aliphatic carbocycles. The first-order chi connectivity index (χ1) is 17.3. The minimum absolute atomic E-state index is 0.0763. The Bertz CT molecular complexity index is 1320. The Morgan fingerprint density at radius 3 is 2.59 bits per heavy atom. The van der Waals surface area contributed by atoms with E-state index < -0.39 is 61.1 Å². The van der Waals surface area contributed by atoms with Gasteiger partial charge in [-0.3, -0.25) is 23.7 Å². The van der Waals surface area contributed by atoms with Crippen LogP contribution < -0.4 is 20.9 Å². The van der Waals surface area contributed by atoms with Gasteiger partial charge in [0.15, 0.2) is 11.8 Å². The van der Waals surface area contributed by atoms with Crippen LogP contribution in [-0.2, 0) is 23.4 Å². The lowest BCUT2D eigenvalue weighted by Gasteiger charge is -2.30. The third-order valence-electron chi connectivity index (χ3n) is 5.40. The summed E-state index contributed by atoms with van der Waals surface area (Å²) in [7, 11) is -4.37. The summed E-state index contributed by atoms with van der Waals surface area (Å²) in [5.41, 5.74) is -5.59. The van der Waals surface area contributed by atoms with Crippen LogP contribution in [0.1, 0.15) is 27.0 Å². The van der Waals surface area contributed by atoms with Crippen molar-refractivity contribution in [3.8, 4) is 18.1 Å². The number of hydrogen-bond donors (Lipinski definition) is 4. The van der Waals surface area contributed by atoms with E-state index in [1.807, 2.05) is 10.9 Å².